The van der Waals surface area contributed by atoms with Crippen molar-refractivity contribution in [2.75, 3.05) is 19.0 Å². The van der Waals surface area contributed by atoms with E-state index in [0.29, 0.717) is 19.0 Å². The molecule has 13 nitrogen and oxygen atoms in total. The Bertz CT molecular complexity index is 1950. The monoisotopic (exact) mass is 959 g/mol. The quantitative estimate of drug-likeness (QED) is 0.0637. The van der Waals surface area contributed by atoms with Crippen LogP contribution in [0.2, 0.25) is 36.3 Å². The van der Waals surface area contributed by atoms with Gasteiger partial charge in [-0.15, -0.1) is 11.8 Å². The minimum absolute atomic E-state index is 0.0636. The van der Waals surface area contributed by atoms with Gasteiger partial charge in [-0.2, -0.15) is 0 Å². The minimum Gasteiger partial charge on any atom is -0.424 e. The summed E-state index contributed by atoms with van der Waals surface area (Å²) in [5.41, 5.74) is 1.29. The summed E-state index contributed by atoms with van der Waals surface area (Å²) in [6, 6.07) is 31.9. The van der Waals surface area contributed by atoms with E-state index in [1.165, 1.54) is 11.8 Å². The average molecular weight is 960 g/mol. The van der Waals surface area contributed by atoms with Gasteiger partial charge in [0.25, 0.3) is 0 Å². The Morgan fingerprint density at radius 2 is 1.09 bits per heavy atom. The summed E-state index contributed by atoms with van der Waals surface area (Å²) in [4.78, 5) is 13.2. The molecule has 64 heavy (non-hydrogen) atoms. The first-order valence-corrected chi connectivity index (χ1v) is 30.7. The molecule has 0 spiro atoms. The number of ether oxygens (including phenoxy) is 7. The van der Waals surface area contributed by atoms with Crippen molar-refractivity contribution < 1.29 is 55.2 Å². The largest absolute Gasteiger partial charge is 0.509 e. The summed E-state index contributed by atoms with van der Waals surface area (Å²) in [7, 11) is -9.08. The molecule has 3 heterocycles. The predicted octanol–water partition coefficient (Wildman–Crippen LogP) is 9.04. The molecule has 3 aliphatic rings. The number of nitrogens with one attached hydrogen (secondary N) is 1. The SMILES string of the molecule is CCS[C@@H]1OC(COCc2ccccc2)[C@@H](O[C@@H]2OC(COCc3ccccc3)[C@@H]3OC(=O)OC3C2O[Si](CC)(CC)CC)C(O[Si](CC)(CC)CC)C1NS(=O)(=O)c1ccccc1. The number of hydrogen-bond donors (Lipinski definition) is 1. The molecular formula is C47H69NO12S2Si2. The number of carbonyl (C=O) groups excluding carboxylic acids is 1. The first-order valence-electron chi connectivity index (χ1n) is 23.1. The van der Waals surface area contributed by atoms with Gasteiger partial charge in [-0.1, -0.05) is 127 Å². The second kappa shape index (κ2) is 23.9. The van der Waals surface area contributed by atoms with Gasteiger partial charge < -0.3 is 42.0 Å². The van der Waals surface area contributed by atoms with E-state index in [2.05, 4.69) is 46.3 Å². The third kappa shape index (κ3) is 12.5. The summed E-state index contributed by atoms with van der Waals surface area (Å²) >= 11 is 1.50. The third-order valence-electron chi connectivity index (χ3n) is 13.1. The van der Waals surface area contributed by atoms with Gasteiger partial charge in [0.05, 0.1) is 43.5 Å². The number of sulfonamides is 1. The molecule has 0 saturated carbocycles. The summed E-state index contributed by atoms with van der Waals surface area (Å²) in [5, 5.41) is 0. The lowest BCUT2D eigenvalue weighted by atomic mass is 9.96. The Morgan fingerprint density at radius 3 is 1.61 bits per heavy atom. The van der Waals surface area contributed by atoms with Crippen molar-refractivity contribution in [1.29, 1.82) is 0 Å². The number of carbonyl (C=O) groups is 1. The minimum atomic E-state index is -4.09. The first kappa shape index (κ1) is 50.7. The van der Waals surface area contributed by atoms with Crippen molar-refractivity contribution in [1.82, 2.24) is 4.72 Å². The zero-order chi connectivity index (χ0) is 45.7. The van der Waals surface area contributed by atoms with E-state index in [0.717, 1.165) is 47.4 Å². The molecule has 3 fully saturated rings. The lowest BCUT2D eigenvalue weighted by molar-refractivity contribution is -0.319. The van der Waals surface area contributed by atoms with Crippen LogP contribution in [-0.2, 0) is 65.2 Å². The van der Waals surface area contributed by atoms with Gasteiger partial charge in [0.15, 0.2) is 35.1 Å². The van der Waals surface area contributed by atoms with E-state index in [1.54, 1.807) is 30.3 Å². The number of thioether (sulfide) groups is 1. The third-order valence-corrected chi connectivity index (χ3v) is 24.9. The van der Waals surface area contributed by atoms with Crippen molar-refractivity contribution in [3.05, 3.63) is 102 Å². The molecule has 0 bridgehead atoms. The van der Waals surface area contributed by atoms with Crippen LogP contribution in [0.3, 0.4) is 0 Å². The van der Waals surface area contributed by atoms with Gasteiger partial charge in [-0.05, 0) is 65.3 Å². The highest BCUT2D eigenvalue weighted by Crippen LogP contribution is 2.41. The Balaban J connectivity index is 1.45. The van der Waals surface area contributed by atoms with E-state index in [-0.39, 0.29) is 18.1 Å². The van der Waals surface area contributed by atoms with E-state index < -0.39 is 93.3 Å². The van der Waals surface area contributed by atoms with Gasteiger partial charge in [0.1, 0.15) is 29.9 Å². The molecule has 0 amide bonds. The number of rotatable bonds is 25. The molecule has 0 aliphatic carbocycles. The number of hydrogen-bond acceptors (Lipinski definition) is 13. The Hall–Kier alpha value is -2.66. The summed E-state index contributed by atoms with van der Waals surface area (Å²) in [6.45, 7) is 15.6. The fourth-order valence-corrected chi connectivity index (χ4v) is 16.9. The fraction of sp³-hybridized carbons (Fsp3) is 0.596. The molecule has 3 aliphatic heterocycles. The highest BCUT2D eigenvalue weighted by molar-refractivity contribution is 7.99. The van der Waals surface area contributed by atoms with Crippen LogP contribution in [0.25, 0.3) is 0 Å². The molecule has 3 aromatic rings. The molecule has 17 heteroatoms. The Kier molecular flexibility index (Phi) is 18.9. The van der Waals surface area contributed by atoms with Crippen LogP contribution in [0.4, 0.5) is 4.79 Å². The molecule has 0 radical (unpaired) electrons. The van der Waals surface area contributed by atoms with Crippen molar-refractivity contribution in [3.63, 3.8) is 0 Å². The van der Waals surface area contributed by atoms with Gasteiger partial charge in [0.2, 0.25) is 10.0 Å². The van der Waals surface area contributed by atoms with Crippen molar-refractivity contribution in [2.24, 2.45) is 0 Å². The molecule has 10 atom stereocenters. The highest BCUT2D eigenvalue weighted by atomic mass is 32.2. The number of fused-ring (bicyclic) bond motifs is 1. The molecule has 354 valence electrons. The second-order valence-corrected chi connectivity index (χ2v) is 29.2. The Labute approximate surface area is 387 Å². The van der Waals surface area contributed by atoms with E-state index in [1.807, 2.05) is 67.6 Å². The van der Waals surface area contributed by atoms with Crippen molar-refractivity contribution in [3.8, 4) is 0 Å². The molecule has 6 unspecified atom stereocenters. The number of benzene rings is 3. The maximum atomic E-state index is 14.4. The zero-order valence-corrected chi connectivity index (χ0v) is 42.1. The van der Waals surface area contributed by atoms with E-state index in [9.17, 15) is 13.2 Å². The summed E-state index contributed by atoms with van der Waals surface area (Å²) < 4.78 is 92.4. The molecule has 3 saturated heterocycles. The lowest BCUT2D eigenvalue weighted by Crippen LogP contribution is -2.69. The van der Waals surface area contributed by atoms with Crippen LogP contribution in [0.5, 0.6) is 0 Å². The topological polar surface area (TPSA) is 146 Å². The molecular weight excluding hydrogens is 891 g/mol. The second-order valence-electron chi connectivity index (χ2n) is 16.7. The maximum absolute atomic E-state index is 14.4. The average Bonchev–Trinajstić information content (AvgIpc) is 3.72. The molecule has 3 aromatic carbocycles. The molecule has 6 rings (SSSR count). The summed E-state index contributed by atoms with van der Waals surface area (Å²) in [6.07, 6.45) is -7.94. The fourth-order valence-electron chi connectivity index (χ4n) is 8.86. The van der Waals surface area contributed by atoms with E-state index in [4.69, 9.17) is 42.0 Å². The van der Waals surface area contributed by atoms with E-state index >= 15 is 0 Å². The predicted molar refractivity (Wildman–Crippen MR) is 252 cm³/mol. The van der Waals surface area contributed by atoms with Crippen molar-refractivity contribution >= 4 is 44.6 Å². The standard InChI is InChI=1S/C47H69NO12S2Si2/c1-8-61-46-39(48-62(50,51)36-28-22-17-23-29-36)42(59-63(9-2,10-3)11-4)40(38(55-46)33-53-31-35-26-20-16-21-27-35)56-45-44(60-64(12-5,13-6)14-7)43-41(57-47(49)58-43)37(54-45)32-52-30-34-24-18-15-19-25-34/h15-29,37-46,48H,8-14,30-33H2,1-7H3/t37?,38?,39?,40-,41+,42?,43?,44?,45+,46+/m1/s1. The summed E-state index contributed by atoms with van der Waals surface area (Å²) in [5.74, 6) is 0.639. The highest BCUT2D eigenvalue weighted by Gasteiger charge is 2.59. The van der Waals surface area contributed by atoms with Gasteiger partial charge in [0, 0.05) is 0 Å². The van der Waals surface area contributed by atoms with Crippen LogP contribution in [0.15, 0.2) is 95.9 Å². The van der Waals surface area contributed by atoms with Crippen LogP contribution in [0.1, 0.15) is 59.6 Å². The van der Waals surface area contributed by atoms with Crippen LogP contribution in [-0.4, -0.2) is 111 Å². The van der Waals surface area contributed by atoms with Crippen molar-refractivity contribution in [2.45, 2.75) is 163 Å². The lowest BCUT2D eigenvalue weighted by Gasteiger charge is -2.51. The first-order chi connectivity index (χ1) is 31.0. The van der Waals surface area contributed by atoms with Crippen LogP contribution < -0.4 is 4.72 Å². The smallest absolute Gasteiger partial charge is 0.424 e. The Morgan fingerprint density at radius 1 is 0.609 bits per heavy atom. The van der Waals surface area contributed by atoms with Gasteiger partial charge in [-0.25, -0.2) is 17.9 Å². The normalized spacial score (nSPS) is 27.5. The van der Waals surface area contributed by atoms with Gasteiger partial charge >= 0.3 is 6.16 Å². The van der Waals surface area contributed by atoms with Crippen LogP contribution >= 0.6 is 11.8 Å². The maximum Gasteiger partial charge on any atom is 0.509 e. The van der Waals surface area contributed by atoms with Crippen LogP contribution in [0, 0.1) is 0 Å². The zero-order valence-electron chi connectivity index (χ0n) is 38.4. The van der Waals surface area contributed by atoms with Gasteiger partial charge in [-0.3, -0.25) is 0 Å². The molecule has 0 aromatic heterocycles. The molecule has 1 N–H and O–H groups in total.